The zero-order valence-electron chi connectivity index (χ0n) is 10.7. The van der Waals surface area contributed by atoms with E-state index in [9.17, 15) is 5.11 Å². The van der Waals surface area contributed by atoms with E-state index in [-0.39, 0.29) is 6.79 Å². The van der Waals surface area contributed by atoms with E-state index in [0.29, 0.717) is 28.5 Å². The van der Waals surface area contributed by atoms with Crippen molar-refractivity contribution in [2.24, 2.45) is 7.05 Å². The Morgan fingerprint density at radius 2 is 2.16 bits per heavy atom. The summed E-state index contributed by atoms with van der Waals surface area (Å²) in [6.07, 6.45) is 0.739. The van der Waals surface area contributed by atoms with Crippen molar-refractivity contribution >= 4 is 0 Å². The molecule has 100 valence electrons. The Hall–Kier alpha value is -2.21. The van der Waals surface area contributed by atoms with Crippen LogP contribution in [0.5, 0.6) is 17.2 Å². The molecule has 6 nitrogen and oxygen atoms in total. The Kier molecular flexibility index (Phi) is 2.79. The van der Waals surface area contributed by atoms with Crippen LogP contribution in [0.15, 0.2) is 24.4 Å². The number of aryl methyl sites for hydroxylation is 1. The predicted molar refractivity (Wildman–Crippen MR) is 66.4 cm³/mol. The number of aromatic nitrogens is 2. The first-order chi connectivity index (χ1) is 9.20. The average Bonchev–Trinajstić information content (AvgIpc) is 3.02. The van der Waals surface area contributed by atoms with E-state index in [1.807, 2.05) is 0 Å². The van der Waals surface area contributed by atoms with Crippen molar-refractivity contribution in [1.29, 1.82) is 0 Å². The van der Waals surface area contributed by atoms with Crippen molar-refractivity contribution in [3.8, 4) is 17.2 Å². The van der Waals surface area contributed by atoms with Crippen molar-refractivity contribution in [2.75, 3.05) is 13.9 Å². The molecule has 0 bridgehead atoms. The third-order valence-corrected chi connectivity index (χ3v) is 3.14. The molecule has 0 spiro atoms. The highest BCUT2D eigenvalue weighted by Gasteiger charge is 2.22. The molecule has 1 aromatic heterocycles. The summed E-state index contributed by atoms with van der Waals surface area (Å²) in [5, 5.41) is 14.5. The lowest BCUT2D eigenvalue weighted by Gasteiger charge is -2.13. The van der Waals surface area contributed by atoms with Crippen molar-refractivity contribution < 1.29 is 19.3 Å². The van der Waals surface area contributed by atoms with Crippen molar-refractivity contribution in [2.45, 2.75) is 6.10 Å². The van der Waals surface area contributed by atoms with Crippen LogP contribution >= 0.6 is 0 Å². The van der Waals surface area contributed by atoms with Crippen molar-refractivity contribution in [3.63, 3.8) is 0 Å². The summed E-state index contributed by atoms with van der Waals surface area (Å²) >= 11 is 0. The fourth-order valence-electron chi connectivity index (χ4n) is 2.14. The van der Waals surface area contributed by atoms with Crippen LogP contribution in [-0.2, 0) is 7.05 Å². The Morgan fingerprint density at radius 3 is 2.95 bits per heavy atom. The normalized spacial score (nSPS) is 14.5. The van der Waals surface area contributed by atoms with Gasteiger partial charge in [0.2, 0.25) is 6.79 Å². The van der Waals surface area contributed by atoms with Gasteiger partial charge in [0.15, 0.2) is 17.2 Å². The molecule has 0 aliphatic carbocycles. The Bertz CT molecular complexity index is 609. The summed E-state index contributed by atoms with van der Waals surface area (Å²) in [6, 6.07) is 5.34. The minimum Gasteiger partial charge on any atom is -0.493 e. The summed E-state index contributed by atoms with van der Waals surface area (Å²) in [5.41, 5.74) is 1.30. The van der Waals surface area contributed by atoms with Crippen LogP contribution in [0.2, 0.25) is 0 Å². The summed E-state index contributed by atoms with van der Waals surface area (Å²) < 4.78 is 17.3. The van der Waals surface area contributed by atoms with Gasteiger partial charge in [-0.3, -0.25) is 4.68 Å². The number of rotatable bonds is 3. The topological polar surface area (TPSA) is 65.7 Å². The number of hydrogen-bond acceptors (Lipinski definition) is 5. The maximum absolute atomic E-state index is 10.5. The first-order valence-corrected chi connectivity index (χ1v) is 5.84. The summed E-state index contributed by atoms with van der Waals surface area (Å²) in [6.45, 7) is 0.212. The number of methoxy groups -OCH3 is 1. The number of hydrogen-bond donors (Lipinski definition) is 1. The largest absolute Gasteiger partial charge is 0.493 e. The second-order valence-electron chi connectivity index (χ2n) is 4.24. The fourth-order valence-corrected chi connectivity index (χ4v) is 2.14. The molecule has 2 heterocycles. The van der Waals surface area contributed by atoms with Crippen molar-refractivity contribution in [1.82, 2.24) is 9.78 Å². The molecule has 0 radical (unpaired) electrons. The van der Waals surface area contributed by atoms with Gasteiger partial charge in [0.1, 0.15) is 11.8 Å². The van der Waals surface area contributed by atoms with Crippen molar-refractivity contribution in [3.05, 3.63) is 35.7 Å². The quantitative estimate of drug-likeness (QED) is 0.901. The predicted octanol–water partition coefficient (Wildman–Crippen LogP) is 1.24. The highest BCUT2D eigenvalue weighted by atomic mass is 16.7. The highest BCUT2D eigenvalue weighted by molar-refractivity contribution is 5.47. The molecule has 1 atom stereocenters. The van der Waals surface area contributed by atoms with Crippen LogP contribution in [0.4, 0.5) is 0 Å². The third-order valence-electron chi connectivity index (χ3n) is 3.14. The van der Waals surface area contributed by atoms with E-state index in [0.717, 1.165) is 0 Å². The van der Waals surface area contributed by atoms with Crippen LogP contribution in [0.25, 0.3) is 0 Å². The van der Waals surface area contributed by atoms with Gasteiger partial charge in [0.25, 0.3) is 0 Å². The molecule has 1 aliphatic rings. The van der Waals surface area contributed by atoms with Crippen LogP contribution in [-0.4, -0.2) is 28.8 Å². The van der Waals surface area contributed by atoms with E-state index in [4.69, 9.17) is 14.2 Å². The molecule has 0 fully saturated rings. The standard InChI is InChI=1S/C13H14N2O4/c1-15-12(11(17-2)6-14-15)13(16)8-3-4-9-10(5-8)19-7-18-9/h3-6,13,16H,7H2,1-2H3. The Balaban J connectivity index is 1.99. The minimum atomic E-state index is -0.836. The smallest absolute Gasteiger partial charge is 0.231 e. The van der Waals surface area contributed by atoms with Gasteiger partial charge < -0.3 is 19.3 Å². The number of fused-ring (bicyclic) bond motifs is 1. The van der Waals surface area contributed by atoms with Crippen LogP contribution < -0.4 is 14.2 Å². The first-order valence-electron chi connectivity index (χ1n) is 5.84. The van der Waals surface area contributed by atoms with Crippen LogP contribution in [0.1, 0.15) is 17.4 Å². The molecule has 0 saturated heterocycles. The van der Waals surface area contributed by atoms with E-state index < -0.39 is 6.10 Å². The molecule has 1 unspecified atom stereocenters. The monoisotopic (exact) mass is 262 g/mol. The molecule has 19 heavy (non-hydrogen) atoms. The van der Waals surface area contributed by atoms with E-state index >= 15 is 0 Å². The molecule has 6 heteroatoms. The molecule has 1 N–H and O–H groups in total. The molecule has 1 aromatic carbocycles. The number of aliphatic hydroxyl groups excluding tert-OH is 1. The lowest BCUT2D eigenvalue weighted by atomic mass is 10.1. The number of ether oxygens (including phenoxy) is 3. The number of benzene rings is 1. The highest BCUT2D eigenvalue weighted by Crippen LogP contribution is 2.37. The maximum atomic E-state index is 10.5. The SMILES string of the molecule is COc1cnn(C)c1C(O)c1ccc2c(c1)OCO2. The third kappa shape index (κ3) is 1.90. The van der Waals surface area contributed by atoms with Gasteiger partial charge in [0, 0.05) is 7.05 Å². The van der Waals surface area contributed by atoms with E-state index in [1.165, 1.54) is 0 Å². The van der Waals surface area contributed by atoms with Crippen LogP contribution in [0.3, 0.4) is 0 Å². The number of nitrogens with zero attached hydrogens (tertiary/aromatic N) is 2. The second-order valence-corrected chi connectivity index (χ2v) is 4.24. The van der Waals surface area contributed by atoms with E-state index in [1.54, 1.807) is 43.2 Å². The first kappa shape index (κ1) is 11.9. The number of aliphatic hydroxyl groups is 1. The summed E-state index contributed by atoms with van der Waals surface area (Å²) in [4.78, 5) is 0. The van der Waals surface area contributed by atoms with Crippen LogP contribution in [0, 0.1) is 0 Å². The fraction of sp³-hybridized carbons (Fsp3) is 0.308. The summed E-state index contributed by atoms with van der Waals surface area (Å²) in [5.74, 6) is 1.87. The lowest BCUT2D eigenvalue weighted by molar-refractivity contribution is 0.173. The Morgan fingerprint density at radius 1 is 1.37 bits per heavy atom. The average molecular weight is 262 g/mol. The molecule has 2 aromatic rings. The van der Waals surface area contributed by atoms with E-state index in [2.05, 4.69) is 5.10 Å². The maximum Gasteiger partial charge on any atom is 0.231 e. The molecule has 3 rings (SSSR count). The molecule has 0 saturated carbocycles. The summed E-state index contributed by atoms with van der Waals surface area (Å²) in [7, 11) is 3.31. The zero-order chi connectivity index (χ0) is 13.4. The molecular weight excluding hydrogens is 248 g/mol. The van der Waals surface area contributed by atoms with Gasteiger partial charge >= 0.3 is 0 Å². The Labute approximate surface area is 110 Å². The molecule has 0 amide bonds. The molecule has 1 aliphatic heterocycles. The van der Waals surface area contributed by atoms with Gasteiger partial charge in [0.05, 0.1) is 13.3 Å². The van der Waals surface area contributed by atoms with Gasteiger partial charge in [-0.1, -0.05) is 6.07 Å². The minimum absolute atomic E-state index is 0.212. The van der Waals surface area contributed by atoms with Gasteiger partial charge in [-0.25, -0.2) is 0 Å². The van der Waals surface area contributed by atoms with Gasteiger partial charge in [-0.05, 0) is 17.7 Å². The van der Waals surface area contributed by atoms with Gasteiger partial charge in [-0.15, -0.1) is 0 Å². The lowest BCUT2D eigenvalue weighted by Crippen LogP contribution is -2.08. The second kappa shape index (κ2) is 4.47. The zero-order valence-corrected chi connectivity index (χ0v) is 10.7. The molecular formula is C13H14N2O4. The van der Waals surface area contributed by atoms with Gasteiger partial charge in [-0.2, -0.15) is 5.10 Å².